The third-order valence-corrected chi connectivity index (χ3v) is 12.6. The van der Waals surface area contributed by atoms with Crippen LogP contribution in [0.25, 0.3) is 0 Å². The molecule has 240 valence electrons. The SMILES string of the molecule is C=CCN(C(=O)[C@H]1[C@@H]2SC3(CC2Br)C(C(=O)N(CC=C)c2c(C)cccc2Cl)N([C@H](C)CO)C(=O)[C@H]13)c1ccc(OCC)cc1. The number of hydrogen-bond acceptors (Lipinski definition) is 6. The summed E-state index contributed by atoms with van der Waals surface area (Å²) < 4.78 is 4.69. The van der Waals surface area contributed by atoms with Gasteiger partial charge in [-0.1, -0.05) is 51.8 Å². The summed E-state index contributed by atoms with van der Waals surface area (Å²) in [7, 11) is 0. The second-order valence-electron chi connectivity index (χ2n) is 11.7. The molecule has 7 atom stereocenters. The molecule has 0 aliphatic carbocycles. The van der Waals surface area contributed by atoms with Crippen LogP contribution in [0.4, 0.5) is 11.4 Å². The molecule has 8 nitrogen and oxygen atoms in total. The number of alkyl halides is 1. The molecule has 45 heavy (non-hydrogen) atoms. The third kappa shape index (κ3) is 5.62. The zero-order chi connectivity index (χ0) is 32.6. The van der Waals surface area contributed by atoms with E-state index in [0.717, 1.165) is 5.56 Å². The maximum absolute atomic E-state index is 14.9. The summed E-state index contributed by atoms with van der Waals surface area (Å²) in [6.45, 7) is 13.9. The molecule has 0 aromatic heterocycles. The van der Waals surface area contributed by atoms with Gasteiger partial charge in [0, 0.05) is 28.9 Å². The molecule has 3 heterocycles. The summed E-state index contributed by atoms with van der Waals surface area (Å²) >= 11 is 12.1. The van der Waals surface area contributed by atoms with E-state index in [1.54, 1.807) is 46.7 Å². The number of fused-ring (bicyclic) bond motifs is 1. The Kier molecular flexibility index (Phi) is 10.1. The minimum Gasteiger partial charge on any atom is -0.494 e. The quantitative estimate of drug-likeness (QED) is 0.226. The predicted octanol–water partition coefficient (Wildman–Crippen LogP) is 5.63. The fourth-order valence-electron chi connectivity index (χ4n) is 7.24. The highest BCUT2D eigenvalue weighted by molar-refractivity contribution is 9.09. The van der Waals surface area contributed by atoms with Gasteiger partial charge in [0.05, 0.1) is 46.5 Å². The lowest BCUT2D eigenvalue weighted by molar-refractivity contribution is -0.141. The number of carbonyl (C=O) groups is 3. The van der Waals surface area contributed by atoms with Gasteiger partial charge in [0.15, 0.2) is 0 Å². The zero-order valence-corrected chi connectivity index (χ0v) is 28.9. The van der Waals surface area contributed by atoms with E-state index in [-0.39, 0.29) is 47.5 Å². The molecule has 3 aliphatic rings. The lowest BCUT2D eigenvalue weighted by atomic mass is 9.70. The predicted molar refractivity (Wildman–Crippen MR) is 185 cm³/mol. The molecule has 3 unspecified atom stereocenters. The number of benzene rings is 2. The van der Waals surface area contributed by atoms with Gasteiger partial charge in [0.2, 0.25) is 11.8 Å². The highest BCUT2D eigenvalue weighted by Gasteiger charge is 2.76. The molecule has 0 radical (unpaired) electrons. The number of para-hydroxylation sites is 1. The Balaban J connectivity index is 1.59. The van der Waals surface area contributed by atoms with Crippen molar-refractivity contribution >= 4 is 68.4 Å². The minimum atomic E-state index is -0.932. The standard InChI is InChI=1S/C34H39BrClN3O5S/c1-6-16-37(22-12-14-23(15-13-22)44-8-3)31(41)26-27-32(42)39(21(5)19-40)30(34(27)18-24(35)29(26)45-34)33(43)38(17-7-2)28-20(4)10-9-11-25(28)36/h6-7,9-15,21,24,26-27,29-30,40H,1-2,8,16-19H2,3-5H3/t21-,24?,26-,27+,29-,30?,34?/m1/s1. The molecule has 2 aromatic carbocycles. The van der Waals surface area contributed by atoms with E-state index >= 15 is 0 Å². The van der Waals surface area contributed by atoms with Crippen LogP contribution >= 0.6 is 39.3 Å². The van der Waals surface area contributed by atoms with Gasteiger partial charge in [0.25, 0.3) is 5.91 Å². The number of aliphatic hydroxyl groups is 1. The van der Waals surface area contributed by atoms with Crippen LogP contribution < -0.4 is 14.5 Å². The number of aliphatic hydroxyl groups excluding tert-OH is 1. The van der Waals surface area contributed by atoms with Crippen molar-refractivity contribution in [3.05, 3.63) is 78.4 Å². The summed E-state index contributed by atoms with van der Waals surface area (Å²) in [5.41, 5.74) is 2.03. The van der Waals surface area contributed by atoms with E-state index in [4.69, 9.17) is 16.3 Å². The van der Waals surface area contributed by atoms with Crippen molar-refractivity contribution in [2.75, 3.05) is 36.1 Å². The number of carbonyl (C=O) groups excluding carboxylic acids is 3. The highest BCUT2D eigenvalue weighted by Crippen LogP contribution is 2.68. The number of hydrogen-bond donors (Lipinski definition) is 1. The molecular weight excluding hydrogens is 678 g/mol. The number of ether oxygens (including phenoxy) is 1. The van der Waals surface area contributed by atoms with Crippen molar-refractivity contribution in [1.29, 1.82) is 0 Å². The molecule has 1 spiro atoms. The molecule has 5 rings (SSSR count). The van der Waals surface area contributed by atoms with Crippen LogP contribution in [0.3, 0.4) is 0 Å². The minimum absolute atomic E-state index is 0.110. The van der Waals surface area contributed by atoms with Crippen LogP contribution in [-0.2, 0) is 14.4 Å². The normalized spacial score (nSPS) is 27.2. The molecule has 11 heteroatoms. The van der Waals surface area contributed by atoms with Gasteiger partial charge in [-0.25, -0.2) is 0 Å². The molecule has 2 bridgehead atoms. The number of amides is 3. The van der Waals surface area contributed by atoms with E-state index in [2.05, 4.69) is 29.1 Å². The van der Waals surface area contributed by atoms with Gasteiger partial charge in [-0.2, -0.15) is 0 Å². The molecule has 2 aromatic rings. The van der Waals surface area contributed by atoms with Gasteiger partial charge in [-0.05, 0) is 63.1 Å². The Morgan fingerprint density at radius 1 is 1.18 bits per heavy atom. The summed E-state index contributed by atoms with van der Waals surface area (Å²) in [6.07, 6.45) is 3.81. The van der Waals surface area contributed by atoms with Crippen LogP contribution in [0, 0.1) is 18.8 Å². The van der Waals surface area contributed by atoms with Gasteiger partial charge >= 0.3 is 0 Å². The largest absolute Gasteiger partial charge is 0.494 e. The number of thioether (sulfide) groups is 1. The summed E-state index contributed by atoms with van der Waals surface area (Å²) in [4.78, 5) is 48.7. The first-order valence-corrected chi connectivity index (χ1v) is 17.3. The van der Waals surface area contributed by atoms with Crippen LogP contribution in [0.5, 0.6) is 5.75 Å². The van der Waals surface area contributed by atoms with Crippen molar-refractivity contribution in [2.24, 2.45) is 11.8 Å². The lowest BCUT2D eigenvalue weighted by Crippen LogP contribution is -2.57. The molecular formula is C34H39BrClN3O5S. The second kappa shape index (κ2) is 13.5. The fourth-order valence-corrected chi connectivity index (χ4v) is 11.2. The molecule has 0 saturated carbocycles. The summed E-state index contributed by atoms with van der Waals surface area (Å²) in [5.74, 6) is -1.56. The number of halogens is 2. The van der Waals surface area contributed by atoms with Crippen molar-refractivity contribution in [3.8, 4) is 5.75 Å². The number of nitrogens with zero attached hydrogens (tertiary/aromatic N) is 3. The summed E-state index contributed by atoms with van der Waals surface area (Å²) in [5, 5.41) is 10.5. The lowest BCUT2D eigenvalue weighted by Gasteiger charge is -2.39. The highest BCUT2D eigenvalue weighted by atomic mass is 79.9. The van der Waals surface area contributed by atoms with Crippen LogP contribution in [0.15, 0.2) is 67.8 Å². The van der Waals surface area contributed by atoms with Crippen molar-refractivity contribution < 1.29 is 24.2 Å². The van der Waals surface area contributed by atoms with Crippen molar-refractivity contribution in [1.82, 2.24) is 4.90 Å². The molecule has 1 N–H and O–H groups in total. The molecule has 3 saturated heterocycles. The Hall–Kier alpha value is -2.79. The van der Waals surface area contributed by atoms with Gasteiger partial charge < -0.3 is 24.5 Å². The average Bonchev–Trinajstić information content (AvgIpc) is 3.62. The maximum Gasteiger partial charge on any atom is 0.251 e. The topological polar surface area (TPSA) is 90.4 Å². The smallest absolute Gasteiger partial charge is 0.251 e. The van der Waals surface area contributed by atoms with E-state index in [1.165, 1.54) is 4.90 Å². The molecule has 3 amide bonds. The average molecular weight is 717 g/mol. The Morgan fingerprint density at radius 2 is 1.84 bits per heavy atom. The fraction of sp³-hybridized carbons (Fsp3) is 0.441. The third-order valence-electron chi connectivity index (χ3n) is 9.06. The van der Waals surface area contributed by atoms with Gasteiger partial charge in [-0.3, -0.25) is 14.4 Å². The number of aryl methyl sites for hydroxylation is 1. The Morgan fingerprint density at radius 3 is 2.44 bits per heavy atom. The summed E-state index contributed by atoms with van der Waals surface area (Å²) in [6, 6.07) is 11.2. The zero-order valence-electron chi connectivity index (χ0n) is 25.7. The Labute approximate surface area is 282 Å². The monoisotopic (exact) mass is 715 g/mol. The van der Waals surface area contributed by atoms with E-state index in [9.17, 15) is 19.5 Å². The maximum atomic E-state index is 14.9. The number of likely N-dealkylation sites (tertiary alicyclic amines) is 1. The second-order valence-corrected chi connectivity index (χ2v) is 14.9. The van der Waals surface area contributed by atoms with Crippen molar-refractivity contribution in [3.63, 3.8) is 0 Å². The van der Waals surface area contributed by atoms with Gasteiger partial charge in [0.1, 0.15) is 11.8 Å². The van der Waals surface area contributed by atoms with E-state index in [1.807, 2.05) is 50.2 Å². The van der Waals surface area contributed by atoms with Crippen LogP contribution in [0.1, 0.15) is 25.8 Å². The molecule has 3 aliphatic heterocycles. The van der Waals surface area contributed by atoms with Crippen LogP contribution in [0.2, 0.25) is 5.02 Å². The van der Waals surface area contributed by atoms with Crippen LogP contribution in [-0.4, -0.2) is 80.9 Å². The van der Waals surface area contributed by atoms with Gasteiger partial charge in [-0.15, -0.1) is 24.9 Å². The number of anilines is 2. The molecule has 3 fully saturated rings. The van der Waals surface area contributed by atoms with Crippen molar-refractivity contribution in [2.45, 2.75) is 54.1 Å². The first kappa shape index (κ1) is 33.6. The Bertz CT molecular complexity index is 1470. The first-order valence-electron chi connectivity index (χ1n) is 15.1. The van der Waals surface area contributed by atoms with E-state index < -0.39 is 28.7 Å². The van der Waals surface area contributed by atoms with E-state index in [0.29, 0.717) is 35.2 Å². The first-order chi connectivity index (χ1) is 21.6. The number of rotatable bonds is 12.